The van der Waals surface area contributed by atoms with E-state index in [1.54, 1.807) is 13.0 Å². The predicted molar refractivity (Wildman–Crippen MR) is 59.5 cm³/mol. The first kappa shape index (κ1) is 12.0. The van der Waals surface area contributed by atoms with Gasteiger partial charge in [0, 0.05) is 22.7 Å². The van der Waals surface area contributed by atoms with Gasteiger partial charge in [-0.1, -0.05) is 24.2 Å². The van der Waals surface area contributed by atoms with Crippen LogP contribution < -0.4 is 10.5 Å². The van der Waals surface area contributed by atoms with Crippen LogP contribution in [0.4, 0.5) is 4.39 Å². The lowest BCUT2D eigenvalue weighted by atomic mass is 10.1. The molecule has 0 bridgehead atoms. The van der Waals surface area contributed by atoms with E-state index in [2.05, 4.69) is 6.58 Å². The highest BCUT2D eigenvalue weighted by atomic mass is 35.5. The van der Waals surface area contributed by atoms with Gasteiger partial charge < -0.3 is 10.5 Å². The Bertz CT molecular complexity index is 366. The van der Waals surface area contributed by atoms with E-state index >= 15 is 0 Å². The molecule has 0 radical (unpaired) electrons. The fraction of sp³-hybridized carbons (Fsp3) is 0.273. The molecule has 15 heavy (non-hydrogen) atoms. The van der Waals surface area contributed by atoms with Crippen molar-refractivity contribution < 1.29 is 9.13 Å². The van der Waals surface area contributed by atoms with Crippen LogP contribution >= 0.6 is 11.6 Å². The molecule has 0 saturated carbocycles. The summed E-state index contributed by atoms with van der Waals surface area (Å²) >= 11 is 5.55. The number of ether oxygens (including phenoxy) is 1. The van der Waals surface area contributed by atoms with Crippen molar-refractivity contribution >= 4 is 11.6 Å². The van der Waals surface area contributed by atoms with Gasteiger partial charge in [0.2, 0.25) is 0 Å². The van der Waals surface area contributed by atoms with E-state index in [4.69, 9.17) is 22.1 Å². The van der Waals surface area contributed by atoms with Crippen molar-refractivity contribution in [3.05, 3.63) is 41.2 Å². The molecule has 2 nitrogen and oxygen atoms in total. The summed E-state index contributed by atoms with van der Waals surface area (Å²) < 4.78 is 18.2. The van der Waals surface area contributed by atoms with Crippen molar-refractivity contribution in [3.8, 4) is 5.75 Å². The van der Waals surface area contributed by atoms with Crippen LogP contribution in [0.3, 0.4) is 0 Å². The van der Waals surface area contributed by atoms with Crippen LogP contribution in [0.5, 0.6) is 5.75 Å². The lowest BCUT2D eigenvalue weighted by Gasteiger charge is -2.13. The Balaban J connectivity index is 2.91. The smallest absolute Gasteiger partial charge is 0.127 e. The maximum atomic E-state index is 13.0. The molecule has 0 aromatic heterocycles. The maximum Gasteiger partial charge on any atom is 0.127 e. The average molecular weight is 230 g/mol. The van der Waals surface area contributed by atoms with Crippen LogP contribution in [0, 0.1) is 5.82 Å². The van der Waals surface area contributed by atoms with Gasteiger partial charge >= 0.3 is 0 Å². The molecule has 1 atom stereocenters. The minimum Gasteiger partial charge on any atom is -0.488 e. The summed E-state index contributed by atoms with van der Waals surface area (Å²) in [5.74, 6) is 0.0429. The highest BCUT2D eigenvalue weighted by Gasteiger charge is 2.09. The molecule has 0 aliphatic carbocycles. The summed E-state index contributed by atoms with van der Waals surface area (Å²) in [5.41, 5.74) is 6.46. The molecule has 1 rings (SSSR count). The zero-order valence-electron chi connectivity index (χ0n) is 8.47. The number of hydrogen-bond acceptors (Lipinski definition) is 2. The first-order valence-electron chi connectivity index (χ1n) is 4.52. The third kappa shape index (κ3) is 3.53. The molecule has 0 aliphatic heterocycles. The molecule has 0 heterocycles. The molecule has 0 amide bonds. The topological polar surface area (TPSA) is 35.2 Å². The van der Waals surface area contributed by atoms with Crippen LogP contribution in [-0.4, -0.2) is 6.61 Å². The van der Waals surface area contributed by atoms with Crippen LogP contribution in [0.1, 0.15) is 18.5 Å². The normalized spacial score (nSPS) is 12.3. The summed E-state index contributed by atoms with van der Waals surface area (Å²) in [6.45, 7) is 5.43. The Labute approximate surface area is 93.5 Å². The molecule has 1 unspecified atom stereocenters. The third-order valence-electron chi connectivity index (χ3n) is 1.85. The Kier molecular flexibility index (Phi) is 4.12. The van der Waals surface area contributed by atoms with Gasteiger partial charge in [0.15, 0.2) is 0 Å². The van der Waals surface area contributed by atoms with Crippen molar-refractivity contribution in [1.82, 2.24) is 0 Å². The summed E-state index contributed by atoms with van der Waals surface area (Å²) in [4.78, 5) is 0. The second-order valence-electron chi connectivity index (χ2n) is 3.28. The SMILES string of the molecule is C=C(Cl)COc1cc(F)ccc1C(C)N. The Morgan fingerprint density at radius 1 is 1.67 bits per heavy atom. The van der Waals surface area contributed by atoms with E-state index in [0.717, 1.165) is 5.56 Å². The van der Waals surface area contributed by atoms with Crippen LogP contribution in [0.15, 0.2) is 29.8 Å². The zero-order valence-corrected chi connectivity index (χ0v) is 9.22. The zero-order chi connectivity index (χ0) is 11.4. The minimum absolute atomic E-state index is 0.144. The van der Waals surface area contributed by atoms with Crippen LogP contribution in [0.2, 0.25) is 0 Å². The molecule has 2 N–H and O–H groups in total. The molecular weight excluding hydrogens is 217 g/mol. The highest BCUT2D eigenvalue weighted by Crippen LogP contribution is 2.25. The maximum absolute atomic E-state index is 13.0. The number of rotatable bonds is 4. The Morgan fingerprint density at radius 3 is 2.87 bits per heavy atom. The van der Waals surface area contributed by atoms with Gasteiger partial charge in [-0.2, -0.15) is 0 Å². The Morgan fingerprint density at radius 2 is 2.33 bits per heavy atom. The molecule has 0 fully saturated rings. The van der Waals surface area contributed by atoms with Gasteiger partial charge in [-0.25, -0.2) is 4.39 Å². The number of nitrogens with two attached hydrogens (primary N) is 1. The van der Waals surface area contributed by atoms with E-state index in [-0.39, 0.29) is 18.5 Å². The van der Waals surface area contributed by atoms with Gasteiger partial charge in [0.05, 0.1) is 0 Å². The standard InChI is InChI=1S/C11H13ClFNO/c1-7(12)6-15-11-5-9(13)3-4-10(11)8(2)14/h3-5,8H,1,6,14H2,2H3. The molecule has 1 aromatic carbocycles. The van der Waals surface area contributed by atoms with Gasteiger partial charge in [-0.05, 0) is 13.0 Å². The van der Waals surface area contributed by atoms with E-state index in [0.29, 0.717) is 10.8 Å². The predicted octanol–water partition coefficient (Wildman–Crippen LogP) is 2.98. The van der Waals surface area contributed by atoms with Crippen molar-refractivity contribution in [3.63, 3.8) is 0 Å². The molecule has 0 saturated heterocycles. The lowest BCUT2D eigenvalue weighted by molar-refractivity contribution is 0.351. The second kappa shape index (κ2) is 5.14. The van der Waals surface area contributed by atoms with Crippen molar-refractivity contribution in [2.75, 3.05) is 6.61 Å². The molecule has 0 spiro atoms. The van der Waals surface area contributed by atoms with E-state index in [9.17, 15) is 4.39 Å². The quantitative estimate of drug-likeness (QED) is 0.862. The number of benzene rings is 1. The largest absolute Gasteiger partial charge is 0.488 e. The molecule has 0 aliphatic rings. The van der Waals surface area contributed by atoms with Crippen LogP contribution in [0.25, 0.3) is 0 Å². The fourth-order valence-electron chi connectivity index (χ4n) is 1.17. The molecule has 4 heteroatoms. The second-order valence-corrected chi connectivity index (χ2v) is 3.81. The average Bonchev–Trinajstić information content (AvgIpc) is 2.14. The van der Waals surface area contributed by atoms with Crippen molar-refractivity contribution in [1.29, 1.82) is 0 Å². The van der Waals surface area contributed by atoms with Crippen molar-refractivity contribution in [2.24, 2.45) is 5.73 Å². The first-order valence-corrected chi connectivity index (χ1v) is 4.89. The number of hydrogen-bond donors (Lipinski definition) is 1. The van der Waals surface area contributed by atoms with Gasteiger partial charge in [-0.3, -0.25) is 0 Å². The first-order chi connectivity index (χ1) is 7.00. The van der Waals surface area contributed by atoms with Gasteiger partial charge in [-0.15, -0.1) is 0 Å². The van der Waals surface area contributed by atoms with Gasteiger partial charge in [0.1, 0.15) is 18.2 Å². The fourth-order valence-corrected chi connectivity index (χ4v) is 1.22. The monoisotopic (exact) mass is 229 g/mol. The molecule has 82 valence electrons. The molecule has 1 aromatic rings. The van der Waals surface area contributed by atoms with Crippen molar-refractivity contribution in [2.45, 2.75) is 13.0 Å². The van der Waals surface area contributed by atoms with E-state index < -0.39 is 0 Å². The highest BCUT2D eigenvalue weighted by molar-refractivity contribution is 6.29. The van der Waals surface area contributed by atoms with Crippen LogP contribution in [-0.2, 0) is 0 Å². The van der Waals surface area contributed by atoms with Gasteiger partial charge in [0.25, 0.3) is 0 Å². The third-order valence-corrected chi connectivity index (χ3v) is 1.96. The lowest BCUT2D eigenvalue weighted by Crippen LogP contribution is -2.09. The minimum atomic E-state index is -0.366. The Hall–Kier alpha value is -1.06. The summed E-state index contributed by atoms with van der Waals surface area (Å²) in [5, 5.41) is 0.356. The number of halogens is 2. The summed E-state index contributed by atoms with van der Waals surface area (Å²) in [6.07, 6.45) is 0. The summed E-state index contributed by atoms with van der Waals surface area (Å²) in [6, 6.07) is 4.02. The van der Waals surface area contributed by atoms with E-state index in [1.165, 1.54) is 12.1 Å². The molecular formula is C11H13ClFNO. The summed E-state index contributed by atoms with van der Waals surface area (Å²) in [7, 11) is 0. The van der Waals surface area contributed by atoms with E-state index in [1.807, 2.05) is 0 Å².